The molecule has 0 aromatic carbocycles. The summed E-state index contributed by atoms with van der Waals surface area (Å²) in [6, 6.07) is 0. The molecule has 12 heavy (non-hydrogen) atoms. The minimum atomic E-state index is 0.769. The van der Waals surface area contributed by atoms with Crippen molar-refractivity contribution in [2.45, 2.75) is 6.92 Å². The van der Waals surface area contributed by atoms with Crippen LogP contribution in [0.4, 0.5) is 0 Å². The summed E-state index contributed by atoms with van der Waals surface area (Å²) < 4.78 is 5.95. The molecule has 2 heterocycles. The second-order valence-corrected chi connectivity index (χ2v) is 3.13. The van der Waals surface area contributed by atoms with Crippen molar-refractivity contribution in [2.75, 3.05) is 0 Å². The van der Waals surface area contributed by atoms with Gasteiger partial charge < -0.3 is 0 Å². The van der Waals surface area contributed by atoms with Crippen LogP contribution in [-0.2, 0) is 7.05 Å². The Morgan fingerprint density at radius 2 is 2.33 bits per heavy atom. The molecule has 0 radical (unpaired) electrons. The van der Waals surface area contributed by atoms with Gasteiger partial charge in [-0.15, -0.1) is 0 Å². The number of nitrogens with zero attached hydrogens (tertiary/aromatic N) is 4. The standard InChI is InChI=1S/C7H8N4S/c1-5-6(3-9-11(5)2)7-8-4-12-10-7/h3-4H,1-2H3. The highest BCUT2D eigenvalue weighted by atomic mass is 32.1. The van der Waals surface area contributed by atoms with Crippen LogP contribution in [0.1, 0.15) is 5.69 Å². The Morgan fingerprint density at radius 3 is 2.83 bits per heavy atom. The van der Waals surface area contributed by atoms with Crippen LogP contribution in [0.25, 0.3) is 11.4 Å². The van der Waals surface area contributed by atoms with E-state index in [0.29, 0.717) is 0 Å². The number of hydrogen-bond donors (Lipinski definition) is 0. The van der Waals surface area contributed by atoms with Gasteiger partial charge in [-0.25, -0.2) is 4.98 Å². The Balaban J connectivity index is 2.55. The summed E-state index contributed by atoms with van der Waals surface area (Å²) in [6.07, 6.45) is 1.79. The third-order valence-corrected chi connectivity index (χ3v) is 2.32. The maximum atomic E-state index is 4.14. The van der Waals surface area contributed by atoms with Crippen LogP contribution in [0.15, 0.2) is 11.7 Å². The van der Waals surface area contributed by atoms with Crippen LogP contribution in [0.3, 0.4) is 0 Å². The molecule has 0 saturated heterocycles. The molecule has 0 aliphatic carbocycles. The van der Waals surface area contributed by atoms with Crippen LogP contribution >= 0.6 is 11.5 Å². The molecule has 0 fully saturated rings. The molecule has 5 heteroatoms. The van der Waals surface area contributed by atoms with E-state index in [1.54, 1.807) is 11.7 Å². The Hall–Kier alpha value is -1.23. The lowest BCUT2D eigenvalue weighted by Crippen LogP contribution is -1.92. The van der Waals surface area contributed by atoms with E-state index in [1.807, 2.05) is 18.7 Å². The first-order valence-electron chi connectivity index (χ1n) is 3.54. The predicted octanol–water partition coefficient (Wildman–Crippen LogP) is 1.25. The second kappa shape index (κ2) is 2.67. The van der Waals surface area contributed by atoms with E-state index in [1.165, 1.54) is 11.5 Å². The van der Waals surface area contributed by atoms with Crippen molar-refractivity contribution in [3.63, 3.8) is 0 Å². The zero-order chi connectivity index (χ0) is 8.55. The lowest BCUT2D eigenvalue weighted by Gasteiger charge is -1.93. The molecule has 0 saturated carbocycles. The molecule has 0 bridgehead atoms. The lowest BCUT2D eigenvalue weighted by atomic mass is 10.2. The molecule has 2 aromatic rings. The number of aryl methyl sites for hydroxylation is 1. The van der Waals surface area contributed by atoms with Gasteiger partial charge in [0.05, 0.1) is 11.8 Å². The molecule has 0 N–H and O–H groups in total. The zero-order valence-corrected chi connectivity index (χ0v) is 7.67. The maximum Gasteiger partial charge on any atom is 0.176 e. The highest BCUT2D eigenvalue weighted by Gasteiger charge is 2.08. The molecule has 0 aliphatic rings. The normalized spacial score (nSPS) is 10.5. The van der Waals surface area contributed by atoms with Crippen molar-refractivity contribution in [3.8, 4) is 11.4 Å². The van der Waals surface area contributed by atoms with Gasteiger partial charge in [-0.1, -0.05) is 0 Å². The summed E-state index contributed by atoms with van der Waals surface area (Å²) >= 11 is 1.35. The molecule has 0 atom stereocenters. The van der Waals surface area contributed by atoms with Crippen LogP contribution in [0, 0.1) is 6.92 Å². The average molecular weight is 180 g/mol. The maximum absolute atomic E-state index is 4.14. The van der Waals surface area contributed by atoms with Crippen molar-refractivity contribution in [1.82, 2.24) is 19.1 Å². The van der Waals surface area contributed by atoms with E-state index in [0.717, 1.165) is 17.1 Å². The van der Waals surface area contributed by atoms with E-state index < -0.39 is 0 Å². The Bertz CT molecular complexity index is 376. The average Bonchev–Trinajstić information content (AvgIpc) is 2.64. The summed E-state index contributed by atoms with van der Waals surface area (Å²) in [5.41, 5.74) is 3.83. The van der Waals surface area contributed by atoms with Gasteiger partial charge in [-0.05, 0) is 18.5 Å². The molecule has 0 spiro atoms. The number of hydrogen-bond acceptors (Lipinski definition) is 4. The fourth-order valence-corrected chi connectivity index (χ4v) is 1.45. The van der Waals surface area contributed by atoms with E-state index in [4.69, 9.17) is 0 Å². The smallest absolute Gasteiger partial charge is 0.176 e. The first-order chi connectivity index (χ1) is 5.79. The number of rotatable bonds is 1. The van der Waals surface area contributed by atoms with Gasteiger partial charge in [0.2, 0.25) is 0 Å². The molecular weight excluding hydrogens is 172 g/mol. The monoisotopic (exact) mass is 180 g/mol. The Morgan fingerprint density at radius 1 is 1.50 bits per heavy atom. The summed E-state index contributed by atoms with van der Waals surface area (Å²) in [7, 11) is 1.91. The summed E-state index contributed by atoms with van der Waals surface area (Å²) in [5, 5.41) is 4.11. The zero-order valence-electron chi connectivity index (χ0n) is 6.85. The second-order valence-electron chi connectivity index (χ2n) is 2.52. The van der Waals surface area contributed by atoms with Gasteiger partial charge in [0.15, 0.2) is 5.82 Å². The van der Waals surface area contributed by atoms with E-state index >= 15 is 0 Å². The molecule has 0 unspecified atom stereocenters. The third kappa shape index (κ3) is 1.02. The molecular formula is C7H8N4S. The summed E-state index contributed by atoms with van der Waals surface area (Å²) in [6.45, 7) is 2.00. The van der Waals surface area contributed by atoms with E-state index in [9.17, 15) is 0 Å². The van der Waals surface area contributed by atoms with Crippen LogP contribution in [0.2, 0.25) is 0 Å². The van der Waals surface area contributed by atoms with Gasteiger partial charge in [0.25, 0.3) is 0 Å². The number of aromatic nitrogens is 4. The largest absolute Gasteiger partial charge is 0.272 e. The molecule has 0 aliphatic heterocycles. The highest BCUT2D eigenvalue weighted by molar-refractivity contribution is 7.03. The fraction of sp³-hybridized carbons (Fsp3) is 0.286. The molecule has 2 rings (SSSR count). The lowest BCUT2D eigenvalue weighted by molar-refractivity contribution is 0.740. The minimum absolute atomic E-state index is 0.769. The first kappa shape index (κ1) is 7.42. The van der Waals surface area contributed by atoms with Crippen molar-refractivity contribution >= 4 is 11.5 Å². The highest BCUT2D eigenvalue weighted by Crippen LogP contribution is 2.18. The van der Waals surface area contributed by atoms with Crippen molar-refractivity contribution in [1.29, 1.82) is 0 Å². The van der Waals surface area contributed by atoms with Crippen molar-refractivity contribution in [3.05, 3.63) is 17.4 Å². The van der Waals surface area contributed by atoms with Gasteiger partial charge in [-0.3, -0.25) is 4.68 Å². The van der Waals surface area contributed by atoms with Gasteiger partial charge >= 0.3 is 0 Å². The SMILES string of the molecule is Cc1c(-c2ncsn2)cnn1C. The summed E-state index contributed by atoms with van der Waals surface area (Å²) in [5.74, 6) is 0.769. The molecule has 0 amide bonds. The van der Waals surface area contributed by atoms with Crippen molar-refractivity contribution in [2.24, 2.45) is 7.05 Å². The third-order valence-electron chi connectivity index (χ3n) is 1.84. The van der Waals surface area contributed by atoms with Crippen LogP contribution < -0.4 is 0 Å². The molecule has 62 valence electrons. The quantitative estimate of drug-likeness (QED) is 0.663. The fourth-order valence-electron chi connectivity index (χ4n) is 1.01. The Kier molecular flexibility index (Phi) is 1.65. The van der Waals surface area contributed by atoms with Gasteiger partial charge in [0, 0.05) is 12.7 Å². The Labute approximate surface area is 74.0 Å². The van der Waals surface area contributed by atoms with E-state index in [2.05, 4.69) is 14.5 Å². The summed E-state index contributed by atoms with van der Waals surface area (Å²) in [4.78, 5) is 4.11. The molecule has 2 aromatic heterocycles. The van der Waals surface area contributed by atoms with Crippen LogP contribution in [0.5, 0.6) is 0 Å². The predicted molar refractivity (Wildman–Crippen MR) is 46.8 cm³/mol. The van der Waals surface area contributed by atoms with Gasteiger partial charge in [0.1, 0.15) is 5.51 Å². The first-order valence-corrected chi connectivity index (χ1v) is 4.38. The van der Waals surface area contributed by atoms with Crippen molar-refractivity contribution < 1.29 is 0 Å². The van der Waals surface area contributed by atoms with E-state index in [-0.39, 0.29) is 0 Å². The topological polar surface area (TPSA) is 43.6 Å². The van der Waals surface area contributed by atoms with Gasteiger partial charge in [-0.2, -0.15) is 9.47 Å². The minimum Gasteiger partial charge on any atom is -0.272 e. The van der Waals surface area contributed by atoms with Crippen LogP contribution in [-0.4, -0.2) is 19.1 Å². The molecule has 4 nitrogen and oxygen atoms in total.